The molecule has 0 bridgehead atoms. The van der Waals surface area contributed by atoms with Gasteiger partial charge in [0.15, 0.2) is 0 Å². The van der Waals surface area contributed by atoms with E-state index in [0.717, 1.165) is 11.1 Å². The Morgan fingerprint density at radius 2 is 1.80 bits per heavy atom. The minimum Gasteiger partial charge on any atom is -0.490 e. The second kappa shape index (κ2) is 5.79. The van der Waals surface area contributed by atoms with Gasteiger partial charge >= 0.3 is 0 Å². The van der Waals surface area contributed by atoms with Crippen LogP contribution in [0.5, 0.6) is 5.75 Å². The Balaban J connectivity index is 2.46. The quantitative estimate of drug-likeness (QED) is 0.810. The van der Waals surface area contributed by atoms with Crippen molar-refractivity contribution in [2.24, 2.45) is 0 Å². The fraction of sp³-hybridized carbons (Fsp3) is 0.278. The predicted molar refractivity (Wildman–Crippen MR) is 81.8 cm³/mol. The number of nitrogens with zero attached hydrogens (tertiary/aromatic N) is 1. The molecular weight excluding hydrogens is 246 g/mol. The van der Waals surface area contributed by atoms with Gasteiger partial charge in [0.05, 0.1) is 11.7 Å². The first-order valence-electron chi connectivity index (χ1n) is 6.79. The molecule has 0 saturated heterocycles. The van der Waals surface area contributed by atoms with E-state index in [4.69, 9.17) is 4.74 Å². The average molecular weight is 265 g/mol. The molecule has 0 amide bonds. The summed E-state index contributed by atoms with van der Waals surface area (Å²) in [6.45, 7) is 8.09. The van der Waals surface area contributed by atoms with E-state index >= 15 is 0 Å². The van der Waals surface area contributed by atoms with Crippen LogP contribution in [0.3, 0.4) is 0 Å². The first kappa shape index (κ1) is 14.1. The highest BCUT2D eigenvalue weighted by atomic mass is 16.5. The summed E-state index contributed by atoms with van der Waals surface area (Å²) >= 11 is 0. The van der Waals surface area contributed by atoms with Gasteiger partial charge in [0, 0.05) is 0 Å². The van der Waals surface area contributed by atoms with Crippen molar-refractivity contribution < 1.29 is 4.74 Å². The molecule has 0 aliphatic heterocycles. The number of hydrogen-bond donors (Lipinski definition) is 0. The van der Waals surface area contributed by atoms with Gasteiger partial charge in [-0.3, -0.25) is 0 Å². The van der Waals surface area contributed by atoms with Crippen molar-refractivity contribution >= 4 is 0 Å². The fourth-order valence-electron chi connectivity index (χ4n) is 2.28. The van der Waals surface area contributed by atoms with Crippen LogP contribution in [0.25, 0.3) is 11.1 Å². The number of rotatable bonds is 3. The summed E-state index contributed by atoms with van der Waals surface area (Å²) in [4.78, 5) is 0. The molecule has 2 rings (SSSR count). The Kier molecular flexibility index (Phi) is 4.10. The zero-order valence-electron chi connectivity index (χ0n) is 12.4. The Morgan fingerprint density at radius 1 is 1.05 bits per heavy atom. The molecule has 0 aliphatic carbocycles. The van der Waals surface area contributed by atoms with Crippen molar-refractivity contribution in [3.63, 3.8) is 0 Å². The van der Waals surface area contributed by atoms with Gasteiger partial charge < -0.3 is 4.74 Å². The van der Waals surface area contributed by atoms with Crippen LogP contribution in [0.2, 0.25) is 0 Å². The lowest BCUT2D eigenvalue weighted by Gasteiger charge is -2.13. The maximum absolute atomic E-state index is 9.29. The van der Waals surface area contributed by atoms with E-state index in [2.05, 4.69) is 38.1 Å². The number of aryl methyl sites for hydroxylation is 2. The monoisotopic (exact) mass is 265 g/mol. The zero-order chi connectivity index (χ0) is 14.7. The fourth-order valence-corrected chi connectivity index (χ4v) is 2.28. The molecule has 0 heterocycles. The molecule has 0 radical (unpaired) electrons. The molecule has 0 N–H and O–H groups in total. The van der Waals surface area contributed by atoms with Gasteiger partial charge in [0.1, 0.15) is 11.8 Å². The van der Waals surface area contributed by atoms with Gasteiger partial charge in [0.25, 0.3) is 0 Å². The van der Waals surface area contributed by atoms with Crippen LogP contribution in [0.15, 0.2) is 36.4 Å². The molecule has 2 nitrogen and oxygen atoms in total. The van der Waals surface area contributed by atoms with Crippen LogP contribution < -0.4 is 4.74 Å². The largest absolute Gasteiger partial charge is 0.490 e. The molecule has 0 aromatic heterocycles. The second-order valence-corrected chi connectivity index (χ2v) is 5.31. The Bertz CT molecular complexity index is 666. The average Bonchev–Trinajstić information content (AvgIpc) is 2.39. The van der Waals surface area contributed by atoms with Crippen LogP contribution in [0, 0.1) is 25.2 Å². The van der Waals surface area contributed by atoms with E-state index in [1.165, 1.54) is 11.1 Å². The first-order valence-corrected chi connectivity index (χ1v) is 6.79. The lowest BCUT2D eigenvalue weighted by atomic mass is 9.97. The van der Waals surface area contributed by atoms with Gasteiger partial charge in [-0.25, -0.2) is 0 Å². The molecular formula is C18H19NO. The lowest BCUT2D eigenvalue weighted by molar-refractivity contribution is 0.242. The normalized spacial score (nSPS) is 10.4. The topological polar surface area (TPSA) is 33.0 Å². The van der Waals surface area contributed by atoms with E-state index in [0.29, 0.717) is 11.3 Å². The van der Waals surface area contributed by atoms with Crippen molar-refractivity contribution in [3.8, 4) is 22.9 Å². The third kappa shape index (κ3) is 3.00. The van der Waals surface area contributed by atoms with Gasteiger partial charge in [-0.1, -0.05) is 29.8 Å². The molecule has 0 spiro atoms. The summed E-state index contributed by atoms with van der Waals surface area (Å²) in [6.07, 6.45) is 0.0639. The van der Waals surface area contributed by atoms with E-state index in [9.17, 15) is 5.26 Å². The minimum absolute atomic E-state index is 0.0639. The second-order valence-electron chi connectivity index (χ2n) is 5.31. The molecule has 2 aromatic carbocycles. The van der Waals surface area contributed by atoms with Crippen LogP contribution in [0.4, 0.5) is 0 Å². The maximum atomic E-state index is 9.29. The molecule has 0 unspecified atom stereocenters. The van der Waals surface area contributed by atoms with Gasteiger partial charge in [0.2, 0.25) is 0 Å². The number of benzene rings is 2. The van der Waals surface area contributed by atoms with Crippen molar-refractivity contribution in [2.75, 3.05) is 0 Å². The summed E-state index contributed by atoms with van der Waals surface area (Å²) in [5.74, 6) is 0.649. The molecule has 0 saturated carbocycles. The molecule has 102 valence electrons. The lowest BCUT2D eigenvalue weighted by Crippen LogP contribution is -2.06. The first-order chi connectivity index (χ1) is 9.51. The third-order valence-corrected chi connectivity index (χ3v) is 3.16. The molecule has 0 aliphatic rings. The van der Waals surface area contributed by atoms with E-state index in [1.807, 2.05) is 32.0 Å². The Morgan fingerprint density at radius 3 is 2.40 bits per heavy atom. The predicted octanol–water partition coefficient (Wildman–Crippen LogP) is 4.63. The van der Waals surface area contributed by atoms with Crippen molar-refractivity contribution in [3.05, 3.63) is 53.1 Å². The summed E-state index contributed by atoms with van der Waals surface area (Å²) in [5.41, 5.74) is 5.24. The number of ether oxygens (including phenoxy) is 1. The molecule has 20 heavy (non-hydrogen) atoms. The third-order valence-electron chi connectivity index (χ3n) is 3.16. The highest BCUT2D eigenvalue weighted by molar-refractivity contribution is 5.70. The van der Waals surface area contributed by atoms with Crippen molar-refractivity contribution in [1.29, 1.82) is 5.26 Å². The molecule has 2 heteroatoms. The Hall–Kier alpha value is -2.27. The smallest absolute Gasteiger partial charge is 0.137 e. The van der Waals surface area contributed by atoms with Gasteiger partial charge in [-0.05, 0) is 56.5 Å². The highest BCUT2D eigenvalue weighted by Crippen LogP contribution is 2.29. The summed E-state index contributed by atoms with van der Waals surface area (Å²) in [5, 5.41) is 9.29. The van der Waals surface area contributed by atoms with Crippen LogP contribution >= 0.6 is 0 Å². The summed E-state index contributed by atoms with van der Waals surface area (Å²) in [6, 6.07) is 14.4. The summed E-state index contributed by atoms with van der Waals surface area (Å²) in [7, 11) is 0. The standard InChI is InChI=1S/C18H19NO/c1-12(2)20-18-8-6-15(10-16(18)11-19)17-7-5-13(3)9-14(17)4/h5-10,12H,1-4H3. The zero-order valence-corrected chi connectivity index (χ0v) is 12.4. The van der Waals surface area contributed by atoms with E-state index < -0.39 is 0 Å². The molecule has 0 atom stereocenters. The molecule has 2 aromatic rings. The SMILES string of the molecule is Cc1ccc(-c2ccc(OC(C)C)c(C#N)c2)c(C)c1. The van der Waals surface area contributed by atoms with Crippen molar-refractivity contribution in [2.45, 2.75) is 33.8 Å². The van der Waals surface area contributed by atoms with Crippen molar-refractivity contribution in [1.82, 2.24) is 0 Å². The van der Waals surface area contributed by atoms with E-state index in [-0.39, 0.29) is 6.10 Å². The van der Waals surface area contributed by atoms with Gasteiger partial charge in [-0.2, -0.15) is 5.26 Å². The van der Waals surface area contributed by atoms with Crippen LogP contribution in [-0.4, -0.2) is 6.10 Å². The number of nitriles is 1. The number of hydrogen-bond acceptors (Lipinski definition) is 2. The van der Waals surface area contributed by atoms with Crippen LogP contribution in [0.1, 0.15) is 30.5 Å². The summed E-state index contributed by atoms with van der Waals surface area (Å²) < 4.78 is 5.65. The van der Waals surface area contributed by atoms with E-state index in [1.54, 1.807) is 0 Å². The maximum Gasteiger partial charge on any atom is 0.137 e. The highest BCUT2D eigenvalue weighted by Gasteiger charge is 2.09. The van der Waals surface area contributed by atoms with Gasteiger partial charge in [-0.15, -0.1) is 0 Å². The van der Waals surface area contributed by atoms with Crippen LogP contribution in [-0.2, 0) is 0 Å². The Labute approximate surface area is 120 Å². The minimum atomic E-state index is 0.0639. The molecule has 0 fully saturated rings.